The molecular formula is C31H21N3S. The molecule has 4 aromatic carbocycles. The largest absolute Gasteiger partial charge is 0.359 e. The van der Waals surface area contributed by atoms with E-state index in [4.69, 9.17) is 9.98 Å². The molecule has 0 saturated heterocycles. The Morgan fingerprint density at radius 3 is 2.34 bits per heavy atom. The summed E-state index contributed by atoms with van der Waals surface area (Å²) in [5.74, 6) is 0.893. The van der Waals surface area contributed by atoms with Gasteiger partial charge in [0, 0.05) is 27.6 Å². The van der Waals surface area contributed by atoms with Crippen LogP contribution in [0.1, 0.15) is 11.1 Å². The molecule has 7 rings (SSSR count). The van der Waals surface area contributed by atoms with Gasteiger partial charge in [0.25, 0.3) is 0 Å². The molecule has 5 aromatic rings. The molecule has 0 fully saturated rings. The maximum atomic E-state index is 5.13. The lowest BCUT2D eigenvalue weighted by Gasteiger charge is -2.28. The van der Waals surface area contributed by atoms with E-state index in [1.165, 1.54) is 21.0 Å². The van der Waals surface area contributed by atoms with Gasteiger partial charge in [-0.1, -0.05) is 103 Å². The minimum atomic E-state index is 0.0993. The zero-order chi connectivity index (χ0) is 23.2. The van der Waals surface area contributed by atoms with Crippen LogP contribution in [0, 0.1) is 0 Å². The second-order valence-corrected chi connectivity index (χ2v) is 9.73. The zero-order valence-electron chi connectivity index (χ0n) is 18.8. The summed E-state index contributed by atoms with van der Waals surface area (Å²) in [6.45, 7) is 0. The second-order valence-electron chi connectivity index (χ2n) is 8.73. The molecular weight excluding hydrogens is 446 g/mol. The number of benzene rings is 4. The topological polar surface area (TPSA) is 37.3 Å². The van der Waals surface area contributed by atoms with Crippen molar-refractivity contribution in [3.63, 3.8) is 0 Å². The van der Waals surface area contributed by atoms with Crippen molar-refractivity contribution in [2.75, 3.05) is 0 Å². The van der Waals surface area contributed by atoms with E-state index in [2.05, 4.69) is 108 Å². The van der Waals surface area contributed by atoms with Crippen molar-refractivity contribution >= 4 is 43.9 Å². The first-order valence-corrected chi connectivity index (χ1v) is 12.5. The Labute approximate surface area is 207 Å². The number of aliphatic imine (C=N–C) groups is 1. The fourth-order valence-corrected chi connectivity index (χ4v) is 5.88. The van der Waals surface area contributed by atoms with Crippen molar-refractivity contribution in [3.8, 4) is 10.6 Å². The number of thiazole rings is 1. The molecule has 0 amide bonds. The van der Waals surface area contributed by atoms with Crippen molar-refractivity contribution in [3.05, 3.63) is 132 Å². The van der Waals surface area contributed by atoms with Gasteiger partial charge in [-0.05, 0) is 17.5 Å². The lowest BCUT2D eigenvalue weighted by Crippen LogP contribution is -2.39. The molecule has 0 radical (unpaired) electrons. The third kappa shape index (κ3) is 3.50. The van der Waals surface area contributed by atoms with Gasteiger partial charge in [0.1, 0.15) is 10.8 Å². The van der Waals surface area contributed by atoms with E-state index in [1.807, 2.05) is 12.1 Å². The van der Waals surface area contributed by atoms with Crippen molar-refractivity contribution in [1.29, 1.82) is 0 Å². The fourth-order valence-electron chi connectivity index (χ4n) is 4.78. The number of rotatable bonds is 3. The molecule has 2 aliphatic rings. The maximum Gasteiger partial charge on any atom is 0.134 e. The normalized spacial score (nSPS) is 16.9. The fraction of sp³-hybridized carbons (Fsp3) is 0.0323. The quantitative estimate of drug-likeness (QED) is 0.301. The third-order valence-corrected chi connectivity index (χ3v) is 7.68. The summed E-state index contributed by atoms with van der Waals surface area (Å²) < 4.78 is 1.21. The van der Waals surface area contributed by atoms with E-state index in [9.17, 15) is 0 Å². The molecule has 1 aliphatic heterocycles. The standard InChI is InChI=1S/C31H21N3S/c1-3-9-21(10-4-1)28-24-13-7-8-14-26(24)32-30(34-28)23-16-15-20-17-18-27-29(25(20)19-23)35-31(33-27)22-11-5-2-6-12-22/h1-19,26H,(H,32,34). The molecule has 1 N–H and O–H groups in total. The van der Waals surface area contributed by atoms with Crippen LogP contribution in [0.2, 0.25) is 0 Å². The molecule has 35 heavy (non-hydrogen) atoms. The van der Waals surface area contributed by atoms with E-state index in [1.54, 1.807) is 11.3 Å². The molecule has 0 saturated carbocycles. The van der Waals surface area contributed by atoms with Crippen LogP contribution in [0.15, 0.2) is 126 Å². The number of hydrogen-bond acceptors (Lipinski definition) is 4. The zero-order valence-corrected chi connectivity index (χ0v) is 19.7. The second kappa shape index (κ2) is 8.19. The van der Waals surface area contributed by atoms with Gasteiger partial charge in [0.05, 0.1) is 22.0 Å². The van der Waals surface area contributed by atoms with Crippen molar-refractivity contribution in [1.82, 2.24) is 10.3 Å². The van der Waals surface area contributed by atoms with Crippen LogP contribution in [0.4, 0.5) is 0 Å². The van der Waals surface area contributed by atoms with Gasteiger partial charge < -0.3 is 5.32 Å². The van der Waals surface area contributed by atoms with Crippen molar-refractivity contribution in [2.45, 2.75) is 6.04 Å². The molecule has 1 aliphatic carbocycles. The molecule has 0 bridgehead atoms. The molecule has 1 unspecified atom stereocenters. The molecule has 3 nitrogen and oxygen atoms in total. The Bertz CT molecular complexity index is 1710. The highest BCUT2D eigenvalue weighted by Crippen LogP contribution is 2.36. The van der Waals surface area contributed by atoms with Crippen LogP contribution in [-0.4, -0.2) is 16.9 Å². The molecule has 1 atom stereocenters. The Kier molecular flexibility index (Phi) is 4.71. The Morgan fingerprint density at radius 2 is 1.51 bits per heavy atom. The van der Waals surface area contributed by atoms with Gasteiger partial charge in [-0.3, -0.25) is 0 Å². The summed E-state index contributed by atoms with van der Waals surface area (Å²) in [7, 11) is 0. The van der Waals surface area contributed by atoms with E-state index in [0.717, 1.165) is 38.7 Å². The Hall–Kier alpha value is -4.28. The predicted octanol–water partition coefficient (Wildman–Crippen LogP) is 7.37. The summed E-state index contributed by atoms with van der Waals surface area (Å²) in [6.07, 6.45) is 8.53. The molecule has 0 spiro atoms. The third-order valence-electron chi connectivity index (χ3n) is 6.53. The van der Waals surface area contributed by atoms with Gasteiger partial charge in [0.15, 0.2) is 0 Å². The van der Waals surface area contributed by atoms with E-state index in [0.29, 0.717) is 0 Å². The van der Waals surface area contributed by atoms with E-state index < -0.39 is 0 Å². The highest BCUT2D eigenvalue weighted by Gasteiger charge is 2.24. The van der Waals surface area contributed by atoms with Gasteiger partial charge in [-0.2, -0.15) is 0 Å². The number of hydrogen-bond donors (Lipinski definition) is 1. The van der Waals surface area contributed by atoms with Gasteiger partial charge >= 0.3 is 0 Å². The first-order valence-electron chi connectivity index (χ1n) is 11.7. The van der Waals surface area contributed by atoms with Crippen molar-refractivity contribution < 1.29 is 0 Å². The highest BCUT2D eigenvalue weighted by atomic mass is 32.1. The summed E-state index contributed by atoms with van der Waals surface area (Å²) in [5.41, 5.74) is 6.61. The monoisotopic (exact) mass is 467 g/mol. The van der Waals surface area contributed by atoms with Gasteiger partial charge in [0.2, 0.25) is 0 Å². The first-order chi connectivity index (χ1) is 17.3. The first kappa shape index (κ1) is 20.1. The SMILES string of the molecule is C1=CC2=C(c3ccccc3)N=C(c3ccc4ccc5nc(-c6ccccc6)sc5c4c3)NC2C=C1. The lowest BCUT2D eigenvalue weighted by atomic mass is 9.94. The number of allylic oxidation sites excluding steroid dienone is 2. The smallest absolute Gasteiger partial charge is 0.134 e. The van der Waals surface area contributed by atoms with Crippen LogP contribution in [-0.2, 0) is 0 Å². The van der Waals surface area contributed by atoms with Crippen LogP contribution >= 0.6 is 11.3 Å². The molecule has 2 heterocycles. The highest BCUT2D eigenvalue weighted by molar-refractivity contribution is 7.22. The van der Waals surface area contributed by atoms with Crippen LogP contribution in [0.25, 0.3) is 37.3 Å². The number of nitrogens with one attached hydrogen (secondary N) is 1. The number of aromatic nitrogens is 1. The molecule has 166 valence electrons. The number of fused-ring (bicyclic) bond motifs is 4. The Balaban J connectivity index is 1.38. The molecule has 4 heteroatoms. The van der Waals surface area contributed by atoms with E-state index in [-0.39, 0.29) is 6.04 Å². The number of amidine groups is 1. The summed E-state index contributed by atoms with van der Waals surface area (Å²) in [5, 5.41) is 7.12. The van der Waals surface area contributed by atoms with Crippen LogP contribution in [0.3, 0.4) is 0 Å². The molecule has 1 aromatic heterocycles. The summed E-state index contributed by atoms with van der Waals surface area (Å²) in [6, 6.07) is 31.8. The average Bonchev–Trinajstić information content (AvgIpc) is 3.38. The Morgan fingerprint density at radius 1 is 0.743 bits per heavy atom. The lowest BCUT2D eigenvalue weighted by molar-refractivity contribution is 0.830. The van der Waals surface area contributed by atoms with Gasteiger partial charge in [-0.25, -0.2) is 9.98 Å². The van der Waals surface area contributed by atoms with Crippen LogP contribution < -0.4 is 5.32 Å². The summed E-state index contributed by atoms with van der Waals surface area (Å²) in [4.78, 5) is 10.1. The maximum absolute atomic E-state index is 5.13. The van der Waals surface area contributed by atoms with E-state index >= 15 is 0 Å². The van der Waals surface area contributed by atoms with Crippen LogP contribution in [0.5, 0.6) is 0 Å². The number of nitrogens with zero attached hydrogens (tertiary/aromatic N) is 2. The predicted molar refractivity (Wildman–Crippen MR) is 148 cm³/mol. The minimum absolute atomic E-state index is 0.0993. The average molecular weight is 468 g/mol. The van der Waals surface area contributed by atoms with Gasteiger partial charge in [-0.15, -0.1) is 11.3 Å². The minimum Gasteiger partial charge on any atom is -0.359 e. The summed E-state index contributed by atoms with van der Waals surface area (Å²) >= 11 is 1.75. The van der Waals surface area contributed by atoms with Crippen molar-refractivity contribution in [2.24, 2.45) is 4.99 Å².